The van der Waals surface area contributed by atoms with Crippen LogP contribution < -0.4 is 4.72 Å². The number of ether oxygens (including phenoxy) is 1. The molecule has 1 aromatic heterocycles. The smallest absolute Gasteiger partial charge is 0.242 e. The van der Waals surface area contributed by atoms with Crippen molar-refractivity contribution >= 4 is 10.0 Å². The molecular weight excluding hydrogens is 468 g/mol. The molecule has 0 unspecified atom stereocenters. The molecule has 2 aliphatic rings. The van der Waals surface area contributed by atoms with Gasteiger partial charge in [-0.25, -0.2) is 13.1 Å². The van der Waals surface area contributed by atoms with Crippen LogP contribution >= 0.6 is 0 Å². The topological polar surface area (TPSA) is 60.3 Å². The van der Waals surface area contributed by atoms with E-state index in [-0.39, 0.29) is 16.7 Å². The second kappa shape index (κ2) is 10.3. The SMILES string of the molecule is Cc1c(S(=O)(=O)NCC2COC2)cc(-c2cc(C(C)(C)C)cc(C(C)(C)C)c2)n1CC1CCCCC1. The van der Waals surface area contributed by atoms with Crippen molar-refractivity contribution < 1.29 is 13.2 Å². The van der Waals surface area contributed by atoms with Gasteiger partial charge in [-0.1, -0.05) is 66.9 Å². The molecule has 0 atom stereocenters. The second-order valence-corrected chi connectivity index (χ2v) is 14.9. The molecule has 0 spiro atoms. The zero-order chi connectivity index (χ0) is 26.3. The Balaban J connectivity index is 1.82. The van der Waals surface area contributed by atoms with Gasteiger partial charge in [-0.05, 0) is 71.4 Å². The number of nitrogens with one attached hydrogen (secondary N) is 1. The highest BCUT2D eigenvalue weighted by Gasteiger charge is 2.29. The molecule has 0 radical (unpaired) electrons. The normalized spacial score (nSPS) is 18.4. The standard InChI is InChI=1S/C30H46N2O3S/c1-21-28(36(33,34)31-17-23-19-35-20-23)16-27(32(21)18-22-11-9-8-10-12-22)24-13-25(29(2,3)4)15-26(14-24)30(5,6)7/h13-16,22-23,31H,8-12,17-20H2,1-7H3. The predicted octanol–water partition coefficient (Wildman–Crippen LogP) is 6.56. The van der Waals surface area contributed by atoms with Crippen molar-refractivity contribution in [2.45, 2.75) is 103 Å². The van der Waals surface area contributed by atoms with Gasteiger partial charge in [-0.2, -0.15) is 0 Å². The second-order valence-electron chi connectivity index (χ2n) is 13.1. The van der Waals surface area contributed by atoms with Crippen LogP contribution in [0.2, 0.25) is 0 Å². The average molecular weight is 515 g/mol. The molecule has 2 aromatic rings. The zero-order valence-electron chi connectivity index (χ0n) is 23.4. The molecular formula is C30H46N2O3S. The highest BCUT2D eigenvalue weighted by atomic mass is 32.2. The van der Waals surface area contributed by atoms with E-state index in [0.717, 1.165) is 23.5 Å². The molecule has 0 amide bonds. The van der Waals surface area contributed by atoms with Crippen molar-refractivity contribution in [2.75, 3.05) is 19.8 Å². The van der Waals surface area contributed by atoms with Gasteiger partial charge in [0.2, 0.25) is 10.0 Å². The first-order valence-corrected chi connectivity index (χ1v) is 15.2. The van der Waals surface area contributed by atoms with Gasteiger partial charge in [0.05, 0.1) is 13.2 Å². The fourth-order valence-electron chi connectivity index (χ4n) is 5.34. The predicted molar refractivity (Wildman–Crippen MR) is 148 cm³/mol. The Bertz CT molecular complexity index is 1140. The third-order valence-corrected chi connectivity index (χ3v) is 9.54. The fourth-order valence-corrected chi connectivity index (χ4v) is 6.72. The molecule has 5 nitrogen and oxygen atoms in total. The van der Waals surface area contributed by atoms with Crippen molar-refractivity contribution in [3.05, 3.63) is 41.1 Å². The molecule has 1 N–H and O–H groups in total. The van der Waals surface area contributed by atoms with Gasteiger partial charge in [-0.3, -0.25) is 0 Å². The van der Waals surface area contributed by atoms with E-state index in [4.69, 9.17) is 4.74 Å². The lowest BCUT2D eigenvalue weighted by atomic mass is 9.79. The molecule has 2 fully saturated rings. The first kappa shape index (κ1) is 27.4. The number of sulfonamides is 1. The lowest BCUT2D eigenvalue weighted by Crippen LogP contribution is -2.39. The molecule has 1 aliphatic carbocycles. The summed E-state index contributed by atoms with van der Waals surface area (Å²) in [5.41, 5.74) is 5.51. The van der Waals surface area contributed by atoms with E-state index in [0.29, 0.717) is 30.6 Å². The molecule has 200 valence electrons. The van der Waals surface area contributed by atoms with E-state index in [2.05, 4.69) is 69.0 Å². The number of hydrogen-bond acceptors (Lipinski definition) is 3. The summed E-state index contributed by atoms with van der Waals surface area (Å²) < 4.78 is 37.3. The van der Waals surface area contributed by atoms with Gasteiger partial charge in [0.1, 0.15) is 4.90 Å². The van der Waals surface area contributed by atoms with Crippen LogP contribution in [0.3, 0.4) is 0 Å². The van der Waals surface area contributed by atoms with Gasteiger partial charge in [-0.15, -0.1) is 0 Å². The summed E-state index contributed by atoms with van der Waals surface area (Å²) in [5.74, 6) is 0.855. The number of benzene rings is 1. The molecule has 36 heavy (non-hydrogen) atoms. The molecule has 0 bridgehead atoms. The van der Waals surface area contributed by atoms with Crippen LogP contribution in [0.5, 0.6) is 0 Å². The van der Waals surface area contributed by atoms with Gasteiger partial charge in [0.25, 0.3) is 0 Å². The summed E-state index contributed by atoms with van der Waals surface area (Å²) in [6, 6.07) is 8.80. The van der Waals surface area contributed by atoms with Crippen molar-refractivity contribution in [3.8, 4) is 11.3 Å². The summed E-state index contributed by atoms with van der Waals surface area (Å²) in [6.45, 7) is 18.0. The maximum atomic E-state index is 13.5. The van der Waals surface area contributed by atoms with Crippen LogP contribution in [0.1, 0.15) is 90.5 Å². The van der Waals surface area contributed by atoms with Crippen LogP contribution in [-0.4, -0.2) is 32.7 Å². The van der Waals surface area contributed by atoms with Gasteiger partial charge >= 0.3 is 0 Å². The third-order valence-electron chi connectivity index (χ3n) is 8.01. The third kappa shape index (κ3) is 6.08. The minimum atomic E-state index is -3.62. The molecule has 1 saturated carbocycles. The van der Waals surface area contributed by atoms with Crippen molar-refractivity contribution in [1.82, 2.24) is 9.29 Å². The summed E-state index contributed by atoms with van der Waals surface area (Å²) in [6.07, 6.45) is 6.28. The van der Waals surface area contributed by atoms with Gasteiger partial charge < -0.3 is 9.30 Å². The molecule has 6 heteroatoms. The zero-order valence-corrected chi connectivity index (χ0v) is 24.2. The van der Waals surface area contributed by atoms with Crippen molar-refractivity contribution in [3.63, 3.8) is 0 Å². The monoisotopic (exact) mass is 514 g/mol. The van der Waals surface area contributed by atoms with Crippen LogP contribution in [0.4, 0.5) is 0 Å². The Labute approximate surface area is 219 Å². The van der Waals surface area contributed by atoms with Crippen molar-refractivity contribution in [1.29, 1.82) is 0 Å². The first-order valence-electron chi connectivity index (χ1n) is 13.7. The molecule has 1 saturated heterocycles. The Hall–Kier alpha value is -1.63. The highest BCUT2D eigenvalue weighted by Crippen LogP contribution is 2.37. The first-order chi connectivity index (χ1) is 16.8. The van der Waals surface area contributed by atoms with E-state index in [1.165, 1.54) is 43.2 Å². The maximum absolute atomic E-state index is 13.5. The van der Waals surface area contributed by atoms with Crippen LogP contribution in [-0.2, 0) is 32.1 Å². The van der Waals surface area contributed by atoms with Crippen LogP contribution in [0.25, 0.3) is 11.3 Å². The molecule has 1 aliphatic heterocycles. The lowest BCUT2D eigenvalue weighted by molar-refractivity contribution is -0.0283. The van der Waals surface area contributed by atoms with E-state index in [1.54, 1.807) is 0 Å². The Morgan fingerprint density at radius 2 is 1.47 bits per heavy atom. The molecule has 2 heterocycles. The lowest BCUT2D eigenvalue weighted by Gasteiger charge is -2.27. The average Bonchev–Trinajstić information content (AvgIpc) is 3.09. The minimum Gasteiger partial charge on any atom is -0.381 e. The number of aromatic nitrogens is 1. The van der Waals surface area contributed by atoms with Gasteiger partial charge in [0, 0.05) is 30.4 Å². The summed E-state index contributed by atoms with van der Waals surface area (Å²) >= 11 is 0. The summed E-state index contributed by atoms with van der Waals surface area (Å²) in [5, 5.41) is 0. The molecule has 1 aromatic carbocycles. The maximum Gasteiger partial charge on any atom is 0.242 e. The number of hydrogen-bond donors (Lipinski definition) is 1. The Kier molecular flexibility index (Phi) is 7.81. The molecule has 4 rings (SSSR count). The van der Waals surface area contributed by atoms with Crippen LogP contribution in [0.15, 0.2) is 29.2 Å². The van der Waals surface area contributed by atoms with E-state index in [1.807, 2.05) is 13.0 Å². The summed E-state index contributed by atoms with van der Waals surface area (Å²) in [7, 11) is -3.62. The largest absolute Gasteiger partial charge is 0.381 e. The van der Waals surface area contributed by atoms with E-state index < -0.39 is 10.0 Å². The van der Waals surface area contributed by atoms with Crippen molar-refractivity contribution in [2.24, 2.45) is 11.8 Å². The fraction of sp³-hybridized carbons (Fsp3) is 0.667. The van der Waals surface area contributed by atoms with E-state index >= 15 is 0 Å². The van der Waals surface area contributed by atoms with E-state index in [9.17, 15) is 8.42 Å². The minimum absolute atomic E-state index is 0.00679. The van der Waals surface area contributed by atoms with Crippen LogP contribution in [0, 0.1) is 18.8 Å². The summed E-state index contributed by atoms with van der Waals surface area (Å²) in [4.78, 5) is 0.409. The number of rotatable bonds is 7. The number of nitrogens with zero attached hydrogens (tertiary/aromatic N) is 1. The Morgan fingerprint density at radius 3 is 1.97 bits per heavy atom. The Morgan fingerprint density at radius 1 is 0.889 bits per heavy atom. The van der Waals surface area contributed by atoms with Gasteiger partial charge in [0.15, 0.2) is 0 Å². The highest BCUT2D eigenvalue weighted by molar-refractivity contribution is 7.89. The quantitative estimate of drug-likeness (QED) is 0.455.